The summed E-state index contributed by atoms with van der Waals surface area (Å²) in [5.41, 5.74) is 9.20. The zero-order valence-electron chi connectivity index (χ0n) is 24.3. The molecule has 0 atom stereocenters. The van der Waals surface area contributed by atoms with E-state index in [4.69, 9.17) is 9.97 Å². The van der Waals surface area contributed by atoms with Crippen molar-refractivity contribution < 1.29 is 0 Å². The van der Waals surface area contributed by atoms with Gasteiger partial charge in [-0.3, -0.25) is 14.5 Å². The molecule has 0 amide bonds. The Hall–Kier alpha value is -6.27. The Morgan fingerprint density at radius 1 is 0.489 bits per heavy atom. The second kappa shape index (κ2) is 11.1. The first-order valence-electron chi connectivity index (χ1n) is 14.9. The molecular formula is C39H28N6. The molecule has 8 rings (SSSR count). The third-order valence-corrected chi connectivity index (χ3v) is 7.93. The fraction of sp³-hybridized carbons (Fsp3) is 0. The molecule has 8 aromatic rings. The molecule has 6 nitrogen and oxygen atoms in total. The van der Waals surface area contributed by atoms with Gasteiger partial charge in [-0.25, -0.2) is 9.97 Å². The van der Waals surface area contributed by atoms with Gasteiger partial charge in [-0.15, -0.1) is 0 Å². The second-order valence-electron chi connectivity index (χ2n) is 10.9. The van der Waals surface area contributed by atoms with E-state index in [1.54, 1.807) is 0 Å². The number of hydrogen-bond acceptors (Lipinski definition) is 3. The molecule has 214 valence electrons. The van der Waals surface area contributed by atoms with E-state index >= 15 is 0 Å². The average molecular weight is 581 g/mol. The molecule has 0 aliphatic carbocycles. The molecule has 0 aliphatic rings. The summed E-state index contributed by atoms with van der Waals surface area (Å²) in [7, 11) is 0. The monoisotopic (exact) mass is 580 g/mol. The summed E-state index contributed by atoms with van der Waals surface area (Å²) in [6, 6.07) is 53.0. The molecule has 2 N–H and O–H groups in total. The smallest absolute Gasteiger partial charge is 0.145 e. The van der Waals surface area contributed by atoms with E-state index in [9.17, 15) is 5.41 Å². The number of imidazole rings is 2. The number of anilines is 1. The lowest BCUT2D eigenvalue weighted by Crippen LogP contribution is -2.12. The van der Waals surface area contributed by atoms with Gasteiger partial charge in [0.1, 0.15) is 17.5 Å². The number of rotatable bonds is 6. The molecule has 45 heavy (non-hydrogen) atoms. The molecule has 0 spiro atoms. The van der Waals surface area contributed by atoms with Gasteiger partial charge in [0.05, 0.1) is 22.1 Å². The van der Waals surface area contributed by atoms with Crippen molar-refractivity contribution in [2.45, 2.75) is 0 Å². The third kappa shape index (κ3) is 4.84. The van der Waals surface area contributed by atoms with Crippen LogP contribution < -0.4 is 5.32 Å². The minimum absolute atomic E-state index is 0.286. The summed E-state index contributed by atoms with van der Waals surface area (Å²) in [5, 5.41) is 12.5. The predicted octanol–water partition coefficient (Wildman–Crippen LogP) is 9.14. The lowest BCUT2D eigenvalue weighted by Gasteiger charge is -2.15. The second-order valence-corrected chi connectivity index (χ2v) is 10.9. The number of para-hydroxylation sites is 7. The Morgan fingerprint density at radius 3 is 1.40 bits per heavy atom. The zero-order valence-corrected chi connectivity index (χ0v) is 24.3. The van der Waals surface area contributed by atoms with Crippen molar-refractivity contribution in [2.75, 3.05) is 5.32 Å². The third-order valence-electron chi connectivity index (χ3n) is 7.93. The fourth-order valence-corrected chi connectivity index (χ4v) is 5.88. The molecule has 2 heterocycles. The summed E-state index contributed by atoms with van der Waals surface area (Å²) >= 11 is 0. The molecule has 0 unspecified atom stereocenters. The largest absolute Gasteiger partial charge is 0.340 e. The van der Waals surface area contributed by atoms with Gasteiger partial charge in [-0.2, -0.15) is 0 Å². The van der Waals surface area contributed by atoms with Crippen LogP contribution in [0.15, 0.2) is 158 Å². The molecule has 0 aliphatic heterocycles. The van der Waals surface area contributed by atoms with Crippen LogP contribution in [0, 0.1) is 5.41 Å². The van der Waals surface area contributed by atoms with Gasteiger partial charge in [0.25, 0.3) is 0 Å². The summed E-state index contributed by atoms with van der Waals surface area (Å²) in [4.78, 5) is 10.3. The SMILES string of the molecule is N=C(Nc1ccccc1)c1cc(-c2nc3ccccc3n2-c2ccccc2)cc(-c2nc3ccccc3n2-c2ccccc2)c1. The topological polar surface area (TPSA) is 71.5 Å². The van der Waals surface area contributed by atoms with E-state index in [-0.39, 0.29) is 5.84 Å². The number of nitrogens with one attached hydrogen (secondary N) is 2. The molecule has 0 saturated heterocycles. The lowest BCUT2D eigenvalue weighted by atomic mass is 10.0. The van der Waals surface area contributed by atoms with Crippen molar-refractivity contribution in [3.63, 3.8) is 0 Å². The van der Waals surface area contributed by atoms with Crippen LogP contribution in [0.25, 0.3) is 56.2 Å². The van der Waals surface area contributed by atoms with Crippen molar-refractivity contribution in [2.24, 2.45) is 0 Å². The maximum absolute atomic E-state index is 9.17. The van der Waals surface area contributed by atoms with Gasteiger partial charge >= 0.3 is 0 Å². The Bertz CT molecular complexity index is 2170. The van der Waals surface area contributed by atoms with E-state index in [1.807, 2.05) is 115 Å². The first kappa shape index (κ1) is 26.4. The first-order valence-corrected chi connectivity index (χ1v) is 14.9. The van der Waals surface area contributed by atoms with Crippen molar-refractivity contribution in [3.8, 4) is 34.2 Å². The summed E-state index contributed by atoms with van der Waals surface area (Å²) in [5.74, 6) is 1.87. The first-order chi connectivity index (χ1) is 22.2. The molecule has 0 fully saturated rings. The van der Waals surface area contributed by atoms with E-state index in [2.05, 4.69) is 56.9 Å². The van der Waals surface area contributed by atoms with Crippen LogP contribution in [-0.2, 0) is 0 Å². The fourth-order valence-electron chi connectivity index (χ4n) is 5.88. The standard InChI is InChI=1S/C39H28N6/c40-37(41-30-14-4-1-5-15-30)27-24-28(38-42-33-20-10-12-22-35(33)44(38)31-16-6-2-7-17-31)26-29(25-27)39-43-34-21-11-13-23-36(34)45(39)32-18-8-3-9-19-32/h1-26H,(H2,40,41). The zero-order chi connectivity index (χ0) is 30.2. The Morgan fingerprint density at radius 2 is 0.911 bits per heavy atom. The highest BCUT2D eigenvalue weighted by atomic mass is 15.1. The van der Waals surface area contributed by atoms with Crippen molar-refractivity contribution in [1.82, 2.24) is 19.1 Å². The van der Waals surface area contributed by atoms with Crippen molar-refractivity contribution in [1.29, 1.82) is 5.41 Å². The van der Waals surface area contributed by atoms with Gasteiger partial charge < -0.3 is 5.32 Å². The Balaban J connectivity index is 1.39. The molecule has 0 saturated carbocycles. The molecule has 6 aromatic carbocycles. The number of benzene rings is 6. The number of aromatic nitrogens is 4. The van der Waals surface area contributed by atoms with E-state index < -0.39 is 0 Å². The minimum atomic E-state index is 0.286. The summed E-state index contributed by atoms with van der Waals surface area (Å²) in [6.45, 7) is 0. The molecule has 6 heteroatoms. The van der Waals surface area contributed by atoms with Crippen LogP contribution in [-0.4, -0.2) is 24.9 Å². The maximum Gasteiger partial charge on any atom is 0.145 e. The van der Waals surface area contributed by atoms with Crippen LogP contribution in [0.4, 0.5) is 5.69 Å². The normalized spacial score (nSPS) is 11.2. The lowest BCUT2D eigenvalue weighted by molar-refractivity contribution is 1.09. The molecular weight excluding hydrogens is 552 g/mol. The van der Waals surface area contributed by atoms with Crippen molar-refractivity contribution >= 4 is 33.6 Å². The van der Waals surface area contributed by atoms with E-state index in [0.717, 1.165) is 67.5 Å². The van der Waals surface area contributed by atoms with Gasteiger partial charge in [-0.1, -0.05) is 78.9 Å². The Labute approximate surface area is 260 Å². The van der Waals surface area contributed by atoms with Gasteiger partial charge in [0.15, 0.2) is 0 Å². The average Bonchev–Trinajstić information content (AvgIpc) is 3.69. The van der Waals surface area contributed by atoms with Crippen LogP contribution in [0.5, 0.6) is 0 Å². The van der Waals surface area contributed by atoms with Crippen LogP contribution >= 0.6 is 0 Å². The van der Waals surface area contributed by atoms with E-state index in [1.165, 1.54) is 0 Å². The quantitative estimate of drug-likeness (QED) is 0.152. The number of amidine groups is 1. The highest BCUT2D eigenvalue weighted by Crippen LogP contribution is 2.35. The van der Waals surface area contributed by atoms with Gasteiger partial charge in [-0.05, 0) is 78.9 Å². The number of nitrogens with zero attached hydrogens (tertiary/aromatic N) is 4. The van der Waals surface area contributed by atoms with Gasteiger partial charge in [0.2, 0.25) is 0 Å². The van der Waals surface area contributed by atoms with Gasteiger partial charge in [0, 0.05) is 33.8 Å². The molecule has 0 radical (unpaired) electrons. The van der Waals surface area contributed by atoms with Crippen LogP contribution in [0.2, 0.25) is 0 Å². The highest BCUT2D eigenvalue weighted by molar-refractivity contribution is 6.07. The molecule has 2 aromatic heterocycles. The van der Waals surface area contributed by atoms with E-state index in [0.29, 0.717) is 0 Å². The summed E-state index contributed by atoms with van der Waals surface area (Å²) < 4.78 is 4.37. The Kier molecular flexibility index (Phi) is 6.50. The van der Waals surface area contributed by atoms with Crippen LogP contribution in [0.1, 0.15) is 5.56 Å². The molecule has 0 bridgehead atoms. The highest BCUT2D eigenvalue weighted by Gasteiger charge is 2.20. The van der Waals surface area contributed by atoms with Crippen LogP contribution in [0.3, 0.4) is 0 Å². The number of hydrogen-bond donors (Lipinski definition) is 2. The minimum Gasteiger partial charge on any atom is -0.340 e. The van der Waals surface area contributed by atoms with Crippen molar-refractivity contribution in [3.05, 3.63) is 163 Å². The number of fused-ring (bicyclic) bond motifs is 2. The predicted molar refractivity (Wildman–Crippen MR) is 183 cm³/mol. The summed E-state index contributed by atoms with van der Waals surface area (Å²) in [6.07, 6.45) is 0. The maximum atomic E-state index is 9.17.